The van der Waals surface area contributed by atoms with Gasteiger partial charge in [0.15, 0.2) is 9.84 Å². The number of para-hydroxylation sites is 1. The van der Waals surface area contributed by atoms with Crippen molar-refractivity contribution in [2.75, 3.05) is 23.9 Å². The van der Waals surface area contributed by atoms with Crippen molar-refractivity contribution in [2.45, 2.75) is 19.1 Å². The summed E-state index contributed by atoms with van der Waals surface area (Å²) in [6.45, 7) is 0.530. The zero-order chi connectivity index (χ0) is 12.3. The highest BCUT2D eigenvalue weighted by Crippen LogP contribution is 2.21. The number of nitrogens with one attached hydrogen (secondary N) is 1. The summed E-state index contributed by atoms with van der Waals surface area (Å²) in [6, 6.07) is 7.85. The molecule has 0 bridgehead atoms. The van der Waals surface area contributed by atoms with E-state index in [2.05, 4.69) is 5.32 Å². The Balaban J connectivity index is 2.08. The molecule has 1 aromatic rings. The number of methoxy groups -OCH3 is 1. The number of ether oxygens (including phenoxy) is 1. The molecule has 0 radical (unpaired) electrons. The fourth-order valence-corrected chi connectivity index (χ4v) is 3.74. The van der Waals surface area contributed by atoms with Crippen LogP contribution in [0.15, 0.2) is 24.3 Å². The summed E-state index contributed by atoms with van der Waals surface area (Å²) in [4.78, 5) is 0. The van der Waals surface area contributed by atoms with Crippen molar-refractivity contribution >= 4 is 15.5 Å². The largest absolute Gasteiger partial charge is 0.381 e. The van der Waals surface area contributed by atoms with E-state index in [0.29, 0.717) is 13.0 Å². The quantitative estimate of drug-likeness (QED) is 0.884. The first-order valence-electron chi connectivity index (χ1n) is 5.64. The summed E-state index contributed by atoms with van der Waals surface area (Å²) < 4.78 is 27.9. The first kappa shape index (κ1) is 12.4. The first-order chi connectivity index (χ1) is 8.11. The fourth-order valence-electron chi connectivity index (χ4n) is 2.07. The predicted octanol–water partition coefficient (Wildman–Crippen LogP) is 1.43. The molecule has 94 valence electrons. The molecule has 1 unspecified atom stereocenters. The molecule has 0 spiro atoms. The van der Waals surface area contributed by atoms with Gasteiger partial charge in [0, 0.05) is 24.4 Å². The zero-order valence-electron chi connectivity index (χ0n) is 9.85. The molecular formula is C12H17NO3S. The van der Waals surface area contributed by atoms with Crippen LogP contribution in [0.2, 0.25) is 0 Å². The number of rotatable bonds is 4. The SMILES string of the molecule is COCc1ccccc1NC1CCS(=O)(=O)C1. The van der Waals surface area contributed by atoms with Crippen LogP contribution < -0.4 is 5.32 Å². The monoisotopic (exact) mass is 255 g/mol. The molecule has 0 aliphatic carbocycles. The van der Waals surface area contributed by atoms with Gasteiger partial charge < -0.3 is 10.1 Å². The van der Waals surface area contributed by atoms with E-state index in [0.717, 1.165) is 11.3 Å². The Hall–Kier alpha value is -1.07. The van der Waals surface area contributed by atoms with Crippen LogP contribution in [-0.2, 0) is 21.2 Å². The van der Waals surface area contributed by atoms with Gasteiger partial charge in [-0.3, -0.25) is 0 Å². The van der Waals surface area contributed by atoms with Crippen LogP contribution in [0.5, 0.6) is 0 Å². The van der Waals surface area contributed by atoms with E-state index in [1.807, 2.05) is 24.3 Å². The van der Waals surface area contributed by atoms with Crippen LogP contribution in [-0.4, -0.2) is 33.1 Å². The summed E-state index contributed by atoms with van der Waals surface area (Å²) in [5.74, 6) is 0.519. The van der Waals surface area contributed by atoms with Crippen LogP contribution in [0.25, 0.3) is 0 Å². The Kier molecular flexibility index (Phi) is 3.69. The number of benzene rings is 1. The maximum atomic E-state index is 11.4. The number of anilines is 1. The lowest BCUT2D eigenvalue weighted by molar-refractivity contribution is 0.185. The molecule has 1 aliphatic rings. The summed E-state index contributed by atoms with van der Waals surface area (Å²) in [5.41, 5.74) is 2.02. The lowest BCUT2D eigenvalue weighted by atomic mass is 10.1. The minimum Gasteiger partial charge on any atom is -0.381 e. The van der Waals surface area contributed by atoms with E-state index >= 15 is 0 Å². The normalized spacial score (nSPS) is 22.5. The zero-order valence-corrected chi connectivity index (χ0v) is 10.7. The van der Waals surface area contributed by atoms with Gasteiger partial charge in [-0.1, -0.05) is 18.2 Å². The van der Waals surface area contributed by atoms with E-state index in [-0.39, 0.29) is 17.5 Å². The molecule has 1 heterocycles. The molecule has 5 heteroatoms. The summed E-state index contributed by atoms with van der Waals surface area (Å²) >= 11 is 0. The van der Waals surface area contributed by atoms with Crippen LogP contribution in [0.4, 0.5) is 5.69 Å². The smallest absolute Gasteiger partial charge is 0.152 e. The first-order valence-corrected chi connectivity index (χ1v) is 7.47. The van der Waals surface area contributed by atoms with Gasteiger partial charge in [0.25, 0.3) is 0 Å². The maximum Gasteiger partial charge on any atom is 0.152 e. The van der Waals surface area contributed by atoms with Crippen molar-refractivity contribution in [1.29, 1.82) is 0 Å². The third-order valence-corrected chi connectivity index (χ3v) is 4.68. The van der Waals surface area contributed by atoms with Gasteiger partial charge in [0.2, 0.25) is 0 Å². The second-order valence-corrected chi connectivity index (χ2v) is 6.56. The standard InChI is InChI=1S/C12H17NO3S/c1-16-8-10-4-2-3-5-12(10)13-11-6-7-17(14,15)9-11/h2-5,11,13H,6-9H2,1H3. The average Bonchev–Trinajstić information content (AvgIpc) is 2.61. The predicted molar refractivity (Wildman–Crippen MR) is 67.8 cm³/mol. The molecule has 1 N–H and O–H groups in total. The van der Waals surface area contributed by atoms with Crippen LogP contribution in [0.3, 0.4) is 0 Å². The molecule has 17 heavy (non-hydrogen) atoms. The summed E-state index contributed by atoms with van der Waals surface area (Å²) in [5, 5.41) is 3.29. The van der Waals surface area contributed by atoms with Gasteiger partial charge in [0.1, 0.15) is 0 Å². The third kappa shape index (κ3) is 3.20. The fraction of sp³-hybridized carbons (Fsp3) is 0.500. The van der Waals surface area contributed by atoms with E-state index in [9.17, 15) is 8.42 Å². The van der Waals surface area contributed by atoms with Gasteiger partial charge >= 0.3 is 0 Å². The third-order valence-electron chi connectivity index (χ3n) is 2.91. The van der Waals surface area contributed by atoms with E-state index in [4.69, 9.17) is 4.74 Å². The minimum absolute atomic E-state index is 0.0259. The van der Waals surface area contributed by atoms with Crippen molar-refractivity contribution in [3.63, 3.8) is 0 Å². The Morgan fingerprint density at radius 3 is 2.82 bits per heavy atom. The van der Waals surface area contributed by atoms with Crippen molar-refractivity contribution in [2.24, 2.45) is 0 Å². The lowest BCUT2D eigenvalue weighted by Gasteiger charge is -2.15. The highest BCUT2D eigenvalue weighted by atomic mass is 32.2. The Morgan fingerprint density at radius 2 is 2.18 bits per heavy atom. The molecule has 1 fully saturated rings. The van der Waals surface area contributed by atoms with Crippen LogP contribution in [0.1, 0.15) is 12.0 Å². The molecule has 0 amide bonds. The summed E-state index contributed by atoms with van der Waals surface area (Å²) in [6.07, 6.45) is 0.684. The number of hydrogen-bond donors (Lipinski definition) is 1. The van der Waals surface area contributed by atoms with Crippen molar-refractivity contribution in [3.05, 3.63) is 29.8 Å². The summed E-state index contributed by atoms with van der Waals surface area (Å²) in [7, 11) is -1.18. The van der Waals surface area contributed by atoms with Crippen molar-refractivity contribution in [1.82, 2.24) is 0 Å². The van der Waals surface area contributed by atoms with Gasteiger partial charge in [-0.25, -0.2) is 8.42 Å². The number of hydrogen-bond acceptors (Lipinski definition) is 4. The van der Waals surface area contributed by atoms with Crippen LogP contribution >= 0.6 is 0 Å². The molecule has 1 aromatic carbocycles. The topological polar surface area (TPSA) is 55.4 Å². The van der Waals surface area contributed by atoms with Gasteiger partial charge in [-0.15, -0.1) is 0 Å². The van der Waals surface area contributed by atoms with E-state index < -0.39 is 9.84 Å². The molecule has 1 aliphatic heterocycles. The Labute approximate surface area is 102 Å². The van der Waals surface area contributed by atoms with E-state index in [1.165, 1.54) is 0 Å². The van der Waals surface area contributed by atoms with Gasteiger partial charge in [0.05, 0.1) is 18.1 Å². The Morgan fingerprint density at radius 1 is 1.41 bits per heavy atom. The van der Waals surface area contributed by atoms with Crippen molar-refractivity contribution < 1.29 is 13.2 Å². The highest BCUT2D eigenvalue weighted by molar-refractivity contribution is 7.91. The molecule has 2 rings (SSSR count). The minimum atomic E-state index is -2.83. The van der Waals surface area contributed by atoms with Crippen molar-refractivity contribution in [3.8, 4) is 0 Å². The molecular weight excluding hydrogens is 238 g/mol. The lowest BCUT2D eigenvalue weighted by Crippen LogP contribution is -2.21. The highest BCUT2D eigenvalue weighted by Gasteiger charge is 2.27. The molecule has 0 aromatic heterocycles. The maximum absolute atomic E-state index is 11.4. The number of sulfone groups is 1. The molecule has 1 atom stereocenters. The molecule has 4 nitrogen and oxygen atoms in total. The van der Waals surface area contributed by atoms with Gasteiger partial charge in [-0.05, 0) is 12.5 Å². The average molecular weight is 255 g/mol. The van der Waals surface area contributed by atoms with E-state index in [1.54, 1.807) is 7.11 Å². The second kappa shape index (κ2) is 5.06. The second-order valence-electron chi connectivity index (χ2n) is 4.33. The Bertz CT molecular complexity index is 484. The molecule has 1 saturated heterocycles. The van der Waals surface area contributed by atoms with Crippen LogP contribution in [0, 0.1) is 0 Å². The molecule has 0 saturated carbocycles. The van der Waals surface area contributed by atoms with Gasteiger partial charge in [-0.2, -0.15) is 0 Å².